The molecular weight excluding hydrogens is 485 g/mol. The lowest BCUT2D eigenvalue weighted by atomic mass is 9.67. The second-order valence-corrected chi connectivity index (χ2v) is 8.12. The lowest BCUT2D eigenvalue weighted by Crippen LogP contribution is -2.52. The minimum atomic E-state index is -0.237. The number of rotatable bonds is 7. The number of amides is 2. The number of ether oxygens (including phenoxy) is 1. The Kier molecular flexibility index (Phi) is 11.1. The van der Waals surface area contributed by atoms with Crippen molar-refractivity contribution in [2.75, 3.05) is 46.9 Å². The van der Waals surface area contributed by atoms with Gasteiger partial charge in [-0.1, -0.05) is 13.3 Å². The fourth-order valence-electron chi connectivity index (χ4n) is 3.66. The van der Waals surface area contributed by atoms with Crippen LogP contribution in [0.4, 0.5) is 4.79 Å². The third-order valence-electron chi connectivity index (χ3n) is 6.03. The maximum Gasteiger partial charge on any atom is 0.409 e. The number of likely N-dealkylation sites (tertiary alicyclic amines) is 1. The summed E-state index contributed by atoms with van der Waals surface area (Å²) < 4.78 is 5.08. The lowest BCUT2D eigenvalue weighted by Gasteiger charge is -2.42. The highest BCUT2D eigenvalue weighted by molar-refractivity contribution is 14.0. The third kappa shape index (κ3) is 7.82. The van der Waals surface area contributed by atoms with Crippen molar-refractivity contribution in [1.82, 2.24) is 20.4 Å². The molecule has 168 valence electrons. The van der Waals surface area contributed by atoms with Crippen molar-refractivity contribution in [3.63, 3.8) is 0 Å². The van der Waals surface area contributed by atoms with Gasteiger partial charge in [-0.25, -0.2) is 9.79 Å². The van der Waals surface area contributed by atoms with Crippen molar-refractivity contribution in [1.29, 1.82) is 0 Å². The van der Waals surface area contributed by atoms with E-state index in [1.54, 1.807) is 23.9 Å². The molecule has 29 heavy (non-hydrogen) atoms. The average molecular weight is 523 g/mol. The minimum absolute atomic E-state index is 0. The van der Waals surface area contributed by atoms with Crippen molar-refractivity contribution in [3.05, 3.63) is 0 Å². The first-order valence-corrected chi connectivity index (χ1v) is 10.6. The van der Waals surface area contributed by atoms with E-state index in [0.29, 0.717) is 31.1 Å². The SMILES string of the molecule is CCOC(=O)N1CCC(NC(=NCC(=O)N(C)C)NCC2(CC)CCC2)CC1.I. The number of likely N-dealkylation sites (N-methyl/N-ethyl adjacent to an activating group) is 1. The summed E-state index contributed by atoms with van der Waals surface area (Å²) in [6.45, 7) is 6.80. The molecule has 0 atom stereocenters. The Morgan fingerprint density at radius 3 is 2.34 bits per heavy atom. The Labute approximate surface area is 192 Å². The van der Waals surface area contributed by atoms with Crippen molar-refractivity contribution in [2.24, 2.45) is 10.4 Å². The summed E-state index contributed by atoms with van der Waals surface area (Å²) >= 11 is 0. The maximum absolute atomic E-state index is 11.9. The number of carbonyl (C=O) groups excluding carboxylic acids is 2. The van der Waals surface area contributed by atoms with E-state index in [2.05, 4.69) is 22.5 Å². The van der Waals surface area contributed by atoms with Crippen LogP contribution in [0.15, 0.2) is 4.99 Å². The number of nitrogens with one attached hydrogen (secondary N) is 2. The van der Waals surface area contributed by atoms with Crippen LogP contribution >= 0.6 is 24.0 Å². The molecule has 0 unspecified atom stereocenters. The minimum Gasteiger partial charge on any atom is -0.450 e. The Bertz CT molecular complexity index is 553. The molecule has 0 aromatic carbocycles. The van der Waals surface area contributed by atoms with E-state index in [9.17, 15) is 9.59 Å². The molecule has 0 aromatic rings. The monoisotopic (exact) mass is 523 g/mol. The molecule has 2 fully saturated rings. The van der Waals surface area contributed by atoms with Crippen molar-refractivity contribution in [3.8, 4) is 0 Å². The van der Waals surface area contributed by atoms with Crippen LogP contribution in [0.5, 0.6) is 0 Å². The van der Waals surface area contributed by atoms with E-state index in [-0.39, 0.29) is 48.6 Å². The van der Waals surface area contributed by atoms with E-state index in [1.807, 2.05) is 6.92 Å². The zero-order valence-electron chi connectivity index (χ0n) is 18.3. The number of hydrogen-bond acceptors (Lipinski definition) is 4. The van der Waals surface area contributed by atoms with Gasteiger partial charge in [-0.3, -0.25) is 4.79 Å². The number of aliphatic imine (C=N–C) groups is 1. The van der Waals surface area contributed by atoms with Gasteiger partial charge in [0, 0.05) is 39.8 Å². The predicted molar refractivity (Wildman–Crippen MR) is 126 cm³/mol. The highest BCUT2D eigenvalue weighted by Gasteiger charge is 2.35. The highest BCUT2D eigenvalue weighted by atomic mass is 127. The molecule has 2 N–H and O–H groups in total. The van der Waals surface area contributed by atoms with Crippen LogP contribution in [0, 0.1) is 5.41 Å². The molecule has 0 bridgehead atoms. The van der Waals surface area contributed by atoms with Gasteiger partial charge in [0.05, 0.1) is 6.61 Å². The standard InChI is InChI=1S/C20H37N5O3.HI/c1-5-20(10-7-11-20)15-22-18(21-14-17(26)24(3)4)23-16-8-12-25(13-9-16)19(27)28-6-2;/h16H,5-15H2,1-4H3,(H2,21,22,23);1H. The van der Waals surface area contributed by atoms with Crippen molar-refractivity contribution < 1.29 is 14.3 Å². The van der Waals surface area contributed by atoms with Crippen molar-refractivity contribution >= 4 is 41.9 Å². The molecule has 0 spiro atoms. The third-order valence-corrected chi connectivity index (χ3v) is 6.03. The Morgan fingerprint density at radius 1 is 1.21 bits per heavy atom. The Morgan fingerprint density at radius 2 is 1.86 bits per heavy atom. The normalized spacial score (nSPS) is 18.9. The van der Waals surface area contributed by atoms with Crippen LogP contribution in [-0.4, -0.2) is 80.7 Å². The first-order chi connectivity index (χ1) is 13.4. The fourth-order valence-corrected chi connectivity index (χ4v) is 3.66. The number of halogens is 1. The van der Waals surface area contributed by atoms with Gasteiger partial charge in [-0.05, 0) is 44.4 Å². The molecule has 1 saturated carbocycles. The molecule has 9 heteroatoms. The summed E-state index contributed by atoms with van der Waals surface area (Å²) in [4.78, 5) is 31.6. The molecule has 1 aliphatic carbocycles. The molecular formula is C20H38IN5O3. The smallest absolute Gasteiger partial charge is 0.409 e. The van der Waals surface area contributed by atoms with Gasteiger partial charge in [0.2, 0.25) is 5.91 Å². The number of carbonyl (C=O) groups is 2. The van der Waals surface area contributed by atoms with E-state index < -0.39 is 0 Å². The van der Waals surface area contributed by atoms with Crippen LogP contribution in [0.3, 0.4) is 0 Å². The van der Waals surface area contributed by atoms with Gasteiger partial charge in [-0.15, -0.1) is 24.0 Å². The van der Waals surface area contributed by atoms with E-state index >= 15 is 0 Å². The van der Waals surface area contributed by atoms with Gasteiger partial charge < -0.3 is 25.2 Å². The second kappa shape index (κ2) is 12.4. The van der Waals surface area contributed by atoms with Crippen LogP contribution in [0.25, 0.3) is 0 Å². The number of hydrogen-bond donors (Lipinski definition) is 2. The van der Waals surface area contributed by atoms with Crippen LogP contribution < -0.4 is 10.6 Å². The molecule has 8 nitrogen and oxygen atoms in total. The summed E-state index contributed by atoms with van der Waals surface area (Å²) in [5, 5.41) is 6.95. The summed E-state index contributed by atoms with van der Waals surface area (Å²) in [5.74, 6) is 0.677. The van der Waals surface area contributed by atoms with Crippen LogP contribution in [0.2, 0.25) is 0 Å². The number of piperidine rings is 1. The molecule has 0 radical (unpaired) electrons. The first kappa shape index (κ1) is 25.8. The fraction of sp³-hybridized carbons (Fsp3) is 0.850. The zero-order valence-corrected chi connectivity index (χ0v) is 20.7. The van der Waals surface area contributed by atoms with E-state index in [4.69, 9.17) is 4.74 Å². The van der Waals surface area contributed by atoms with E-state index in [1.165, 1.54) is 19.3 Å². The Hall–Kier alpha value is -1.26. The van der Waals surface area contributed by atoms with Gasteiger partial charge in [-0.2, -0.15) is 0 Å². The summed E-state index contributed by atoms with van der Waals surface area (Å²) in [6, 6.07) is 0.227. The average Bonchev–Trinajstić information content (AvgIpc) is 2.65. The molecule has 0 aromatic heterocycles. The molecule has 1 aliphatic heterocycles. The second-order valence-electron chi connectivity index (χ2n) is 8.12. The summed E-state index contributed by atoms with van der Waals surface area (Å²) in [6.07, 6.45) is 6.37. The highest BCUT2D eigenvalue weighted by Crippen LogP contribution is 2.43. The molecule has 2 amide bonds. The van der Waals surface area contributed by atoms with Gasteiger partial charge in [0.25, 0.3) is 0 Å². The topological polar surface area (TPSA) is 86.3 Å². The predicted octanol–water partition coefficient (Wildman–Crippen LogP) is 2.43. The van der Waals surface area contributed by atoms with Crippen molar-refractivity contribution in [2.45, 2.75) is 58.4 Å². The Balaban J connectivity index is 0.00000420. The number of guanidine groups is 1. The van der Waals surface area contributed by atoms with Crippen LogP contribution in [0.1, 0.15) is 52.4 Å². The molecule has 1 heterocycles. The van der Waals surface area contributed by atoms with Crippen LogP contribution in [-0.2, 0) is 9.53 Å². The van der Waals surface area contributed by atoms with Gasteiger partial charge in [0.1, 0.15) is 6.54 Å². The molecule has 2 aliphatic rings. The maximum atomic E-state index is 11.9. The molecule has 1 saturated heterocycles. The number of nitrogens with zero attached hydrogens (tertiary/aromatic N) is 3. The quantitative estimate of drug-likeness (QED) is 0.304. The van der Waals surface area contributed by atoms with E-state index in [0.717, 1.165) is 25.8 Å². The molecule has 2 rings (SSSR count). The van der Waals surface area contributed by atoms with Gasteiger partial charge >= 0.3 is 6.09 Å². The first-order valence-electron chi connectivity index (χ1n) is 10.6. The summed E-state index contributed by atoms with van der Waals surface area (Å²) in [7, 11) is 3.48. The summed E-state index contributed by atoms with van der Waals surface area (Å²) in [5.41, 5.74) is 0.362. The lowest BCUT2D eigenvalue weighted by molar-refractivity contribution is -0.127. The zero-order chi connectivity index (χ0) is 20.6. The largest absolute Gasteiger partial charge is 0.450 e. The van der Waals surface area contributed by atoms with Gasteiger partial charge in [0.15, 0.2) is 5.96 Å².